The normalized spacial score (nSPS) is 13.9. The molecule has 36 heavy (non-hydrogen) atoms. The van der Waals surface area contributed by atoms with Crippen molar-refractivity contribution in [2.24, 2.45) is 7.05 Å². The molecule has 8 nitrogen and oxygen atoms in total. The van der Waals surface area contributed by atoms with Crippen LogP contribution in [0, 0.1) is 0 Å². The standard InChI is InChI=1S/C25H20F3N5O3/c1-32-12-18-17-10-14(24(34)29-11-20-19-13-35-9-8-22(19)36-31-20)2-7-21(17)33(23(18)30-32)16-5-3-15(4-6-16)25(26,27)28/h2-7,10,12H,8-9,11,13H2,1H3,(H,29,34). The van der Waals surface area contributed by atoms with Gasteiger partial charge in [0.2, 0.25) is 0 Å². The van der Waals surface area contributed by atoms with Gasteiger partial charge in [-0.3, -0.25) is 14.0 Å². The van der Waals surface area contributed by atoms with Crippen molar-refractivity contribution in [3.8, 4) is 5.69 Å². The first kappa shape index (κ1) is 22.4. The molecule has 1 aliphatic heterocycles. The summed E-state index contributed by atoms with van der Waals surface area (Å²) in [6.45, 7) is 1.20. The smallest absolute Gasteiger partial charge is 0.376 e. The second-order valence-electron chi connectivity index (χ2n) is 8.67. The van der Waals surface area contributed by atoms with Crippen LogP contribution in [0.15, 0.2) is 53.2 Å². The van der Waals surface area contributed by atoms with Crippen molar-refractivity contribution >= 4 is 27.8 Å². The minimum Gasteiger partial charge on any atom is -0.376 e. The summed E-state index contributed by atoms with van der Waals surface area (Å²) in [7, 11) is 1.77. The summed E-state index contributed by atoms with van der Waals surface area (Å²) in [5.74, 6) is 0.500. The predicted octanol–water partition coefficient (Wildman–Crippen LogP) is 4.53. The fourth-order valence-electron chi connectivity index (χ4n) is 4.58. The lowest BCUT2D eigenvalue weighted by molar-refractivity contribution is -0.137. The molecule has 0 saturated carbocycles. The summed E-state index contributed by atoms with van der Waals surface area (Å²) in [6.07, 6.45) is -1.94. The van der Waals surface area contributed by atoms with E-state index in [0.29, 0.717) is 42.2 Å². The molecule has 0 spiro atoms. The maximum absolute atomic E-state index is 13.1. The average molecular weight is 495 g/mol. The van der Waals surface area contributed by atoms with Crippen molar-refractivity contribution in [1.82, 2.24) is 24.8 Å². The van der Waals surface area contributed by atoms with Gasteiger partial charge in [0, 0.05) is 47.3 Å². The minimum absolute atomic E-state index is 0.202. The molecule has 0 bridgehead atoms. The van der Waals surface area contributed by atoms with Gasteiger partial charge in [0.15, 0.2) is 5.65 Å². The Labute approximate surface area is 202 Å². The third kappa shape index (κ3) is 3.72. The van der Waals surface area contributed by atoms with Crippen molar-refractivity contribution in [2.45, 2.75) is 25.7 Å². The molecule has 11 heteroatoms. The lowest BCUT2D eigenvalue weighted by Crippen LogP contribution is -2.24. The van der Waals surface area contributed by atoms with E-state index in [1.165, 1.54) is 12.1 Å². The molecule has 0 aliphatic carbocycles. The number of benzene rings is 2. The van der Waals surface area contributed by atoms with E-state index >= 15 is 0 Å². The Morgan fingerprint density at radius 3 is 2.72 bits per heavy atom. The molecular formula is C25H20F3N5O3. The Bertz CT molecular complexity index is 1610. The lowest BCUT2D eigenvalue weighted by atomic mass is 10.1. The number of aromatic nitrogens is 4. The number of nitrogens with one attached hydrogen (secondary N) is 1. The molecule has 4 heterocycles. The maximum Gasteiger partial charge on any atom is 0.416 e. The van der Waals surface area contributed by atoms with Crippen LogP contribution in [0.3, 0.4) is 0 Å². The monoisotopic (exact) mass is 495 g/mol. The van der Waals surface area contributed by atoms with E-state index in [4.69, 9.17) is 9.26 Å². The van der Waals surface area contributed by atoms with Crippen LogP contribution in [0.4, 0.5) is 13.2 Å². The summed E-state index contributed by atoms with van der Waals surface area (Å²) in [5.41, 5.74) is 3.08. The second kappa shape index (κ2) is 8.23. The zero-order valence-corrected chi connectivity index (χ0v) is 19.1. The first-order chi connectivity index (χ1) is 17.3. The lowest BCUT2D eigenvalue weighted by Gasteiger charge is -2.11. The first-order valence-electron chi connectivity index (χ1n) is 11.3. The molecule has 5 aromatic rings. The molecule has 2 aromatic carbocycles. The molecule has 0 unspecified atom stereocenters. The Morgan fingerprint density at radius 2 is 1.94 bits per heavy atom. The number of ether oxygens (including phenoxy) is 1. The van der Waals surface area contributed by atoms with Crippen molar-refractivity contribution in [1.29, 1.82) is 0 Å². The first-order valence-corrected chi connectivity index (χ1v) is 11.3. The van der Waals surface area contributed by atoms with Crippen LogP contribution < -0.4 is 5.32 Å². The number of carbonyl (C=O) groups is 1. The highest BCUT2D eigenvalue weighted by Gasteiger charge is 2.30. The number of carbonyl (C=O) groups excluding carboxylic acids is 1. The summed E-state index contributed by atoms with van der Waals surface area (Å²) in [6, 6.07) is 10.1. The molecule has 1 N–H and O–H groups in total. The van der Waals surface area contributed by atoms with Gasteiger partial charge in [0.1, 0.15) is 11.5 Å². The zero-order chi connectivity index (χ0) is 25.0. The van der Waals surface area contributed by atoms with E-state index in [-0.39, 0.29) is 12.5 Å². The number of rotatable bonds is 4. The van der Waals surface area contributed by atoms with Gasteiger partial charge in [-0.05, 0) is 42.5 Å². The molecule has 3 aromatic heterocycles. The highest BCUT2D eigenvalue weighted by molar-refractivity contribution is 6.10. The molecule has 6 rings (SSSR count). The maximum atomic E-state index is 13.1. The van der Waals surface area contributed by atoms with Gasteiger partial charge in [-0.2, -0.15) is 18.3 Å². The summed E-state index contributed by atoms with van der Waals surface area (Å²) in [4.78, 5) is 13.0. The van der Waals surface area contributed by atoms with E-state index in [1.807, 2.05) is 6.20 Å². The van der Waals surface area contributed by atoms with Gasteiger partial charge in [-0.15, -0.1) is 0 Å². The molecular weight excluding hydrogens is 475 g/mol. The molecule has 0 fully saturated rings. The highest BCUT2D eigenvalue weighted by atomic mass is 19.4. The van der Waals surface area contributed by atoms with Crippen molar-refractivity contribution in [2.75, 3.05) is 6.61 Å². The number of amides is 1. The number of aryl methyl sites for hydroxylation is 1. The van der Waals surface area contributed by atoms with Gasteiger partial charge in [0.25, 0.3) is 5.91 Å². The number of nitrogens with zero attached hydrogens (tertiary/aromatic N) is 4. The zero-order valence-electron chi connectivity index (χ0n) is 19.1. The largest absolute Gasteiger partial charge is 0.416 e. The third-order valence-corrected chi connectivity index (χ3v) is 6.35. The average Bonchev–Trinajstić information content (AvgIpc) is 3.53. The Morgan fingerprint density at radius 1 is 1.14 bits per heavy atom. The number of halogens is 3. The molecule has 184 valence electrons. The SMILES string of the molecule is Cn1cc2c3cc(C(=O)NCc4noc5c4COCC5)ccc3n(-c3ccc(C(F)(F)F)cc3)c2n1. The fraction of sp³-hybridized carbons (Fsp3) is 0.240. The van der Waals surface area contributed by atoms with Crippen LogP contribution in [0.2, 0.25) is 0 Å². The third-order valence-electron chi connectivity index (χ3n) is 6.35. The van der Waals surface area contributed by atoms with Crippen LogP contribution in [-0.4, -0.2) is 32.0 Å². The van der Waals surface area contributed by atoms with E-state index in [1.54, 1.807) is 34.5 Å². The Kier molecular flexibility index (Phi) is 5.11. The molecule has 0 atom stereocenters. The van der Waals surface area contributed by atoms with Crippen LogP contribution in [0.5, 0.6) is 0 Å². The van der Waals surface area contributed by atoms with E-state index in [0.717, 1.165) is 39.7 Å². The van der Waals surface area contributed by atoms with E-state index in [2.05, 4.69) is 15.6 Å². The van der Waals surface area contributed by atoms with Gasteiger partial charge >= 0.3 is 6.18 Å². The number of hydrogen-bond acceptors (Lipinski definition) is 5. The van der Waals surface area contributed by atoms with Gasteiger partial charge in [-0.25, -0.2) is 0 Å². The van der Waals surface area contributed by atoms with Crippen LogP contribution in [0.25, 0.3) is 27.6 Å². The number of alkyl halides is 3. The molecule has 0 saturated heterocycles. The Hall–Kier alpha value is -4.12. The van der Waals surface area contributed by atoms with Crippen LogP contribution in [0.1, 0.15) is 32.9 Å². The van der Waals surface area contributed by atoms with Gasteiger partial charge in [0.05, 0.1) is 30.8 Å². The van der Waals surface area contributed by atoms with E-state index < -0.39 is 11.7 Å². The van der Waals surface area contributed by atoms with Gasteiger partial charge in [-0.1, -0.05) is 5.16 Å². The fourth-order valence-corrected chi connectivity index (χ4v) is 4.58. The number of fused-ring (bicyclic) bond motifs is 4. The van der Waals surface area contributed by atoms with Crippen LogP contribution >= 0.6 is 0 Å². The topological polar surface area (TPSA) is 87.1 Å². The predicted molar refractivity (Wildman–Crippen MR) is 124 cm³/mol. The van der Waals surface area contributed by atoms with Crippen molar-refractivity contribution < 1.29 is 27.2 Å². The Balaban J connectivity index is 1.34. The number of hydrogen-bond donors (Lipinski definition) is 1. The van der Waals surface area contributed by atoms with Crippen LogP contribution in [-0.2, 0) is 37.5 Å². The summed E-state index contributed by atoms with van der Waals surface area (Å²) < 4.78 is 53.4. The van der Waals surface area contributed by atoms with Crippen molar-refractivity contribution in [3.05, 3.63) is 76.8 Å². The molecule has 1 amide bonds. The summed E-state index contributed by atoms with van der Waals surface area (Å²) >= 11 is 0. The highest BCUT2D eigenvalue weighted by Crippen LogP contribution is 2.34. The quantitative estimate of drug-likeness (QED) is 0.396. The second-order valence-corrected chi connectivity index (χ2v) is 8.67. The molecule has 1 aliphatic rings. The molecule has 0 radical (unpaired) electrons. The minimum atomic E-state index is -4.42. The van der Waals surface area contributed by atoms with E-state index in [9.17, 15) is 18.0 Å². The van der Waals surface area contributed by atoms with Gasteiger partial charge < -0.3 is 14.6 Å². The summed E-state index contributed by atoms with van der Waals surface area (Å²) in [5, 5.41) is 13.0. The van der Waals surface area contributed by atoms with Crippen molar-refractivity contribution in [3.63, 3.8) is 0 Å².